The number of rotatable bonds is 6. The average Bonchev–Trinajstić information content (AvgIpc) is 2.28. The topological polar surface area (TPSA) is 64.3 Å². The summed E-state index contributed by atoms with van der Waals surface area (Å²) in [5.74, 6) is -1.05. The maximum atomic E-state index is 13.2. The second kappa shape index (κ2) is 6.20. The van der Waals surface area contributed by atoms with Crippen molar-refractivity contribution in [1.29, 1.82) is 0 Å². The van der Waals surface area contributed by atoms with Gasteiger partial charge < -0.3 is 15.8 Å². The number of nitrogens with two attached hydrogens (primary N) is 1. The van der Waals surface area contributed by atoms with Crippen LogP contribution < -0.4 is 11.1 Å². The van der Waals surface area contributed by atoms with Crippen LogP contribution in [0.5, 0.6) is 0 Å². The van der Waals surface area contributed by atoms with Crippen LogP contribution in [0.15, 0.2) is 18.2 Å². The lowest BCUT2D eigenvalue weighted by molar-refractivity contribution is 0.0996. The zero-order valence-corrected chi connectivity index (χ0v) is 10.00. The maximum absolute atomic E-state index is 13.2. The molecule has 0 saturated carbocycles. The van der Waals surface area contributed by atoms with Crippen molar-refractivity contribution in [1.82, 2.24) is 0 Å². The van der Waals surface area contributed by atoms with E-state index in [1.807, 2.05) is 6.92 Å². The molecule has 0 bridgehead atoms. The van der Waals surface area contributed by atoms with Gasteiger partial charge in [-0.15, -0.1) is 0 Å². The van der Waals surface area contributed by atoms with Gasteiger partial charge in [-0.25, -0.2) is 4.39 Å². The minimum atomic E-state index is -0.768. The summed E-state index contributed by atoms with van der Waals surface area (Å²) in [5.41, 5.74) is 5.63. The fourth-order valence-corrected chi connectivity index (χ4v) is 1.46. The van der Waals surface area contributed by atoms with Crippen LogP contribution in [0.3, 0.4) is 0 Å². The largest absolute Gasteiger partial charge is 0.385 e. The molecule has 0 aliphatic carbocycles. The monoisotopic (exact) mass is 240 g/mol. The van der Waals surface area contributed by atoms with Crippen LogP contribution in [-0.2, 0) is 4.74 Å². The van der Waals surface area contributed by atoms with Gasteiger partial charge >= 0.3 is 0 Å². The second-order valence-corrected chi connectivity index (χ2v) is 4.00. The normalized spacial score (nSPS) is 12.2. The summed E-state index contributed by atoms with van der Waals surface area (Å²) in [4.78, 5) is 10.9. The van der Waals surface area contributed by atoms with Gasteiger partial charge in [0.2, 0.25) is 0 Å². The fourth-order valence-electron chi connectivity index (χ4n) is 1.46. The predicted octanol–water partition coefficient (Wildman–Crippen LogP) is 1.62. The molecule has 1 amide bonds. The van der Waals surface area contributed by atoms with E-state index < -0.39 is 11.7 Å². The number of hydrogen-bond donors (Lipinski definition) is 2. The van der Waals surface area contributed by atoms with Crippen LogP contribution in [0.4, 0.5) is 10.1 Å². The molecule has 3 N–H and O–H groups in total. The Morgan fingerprint density at radius 3 is 2.88 bits per heavy atom. The van der Waals surface area contributed by atoms with Crippen LogP contribution in [0, 0.1) is 11.7 Å². The molecule has 1 unspecified atom stereocenters. The summed E-state index contributed by atoms with van der Waals surface area (Å²) in [6.45, 7) is 3.34. The summed E-state index contributed by atoms with van der Waals surface area (Å²) < 4.78 is 18.2. The van der Waals surface area contributed by atoms with Gasteiger partial charge in [0.25, 0.3) is 5.91 Å². The highest BCUT2D eigenvalue weighted by molar-refractivity contribution is 5.94. The third-order valence-corrected chi connectivity index (χ3v) is 2.34. The SMILES string of the molecule is COCC(C)CNc1ccc(F)c(C(N)=O)c1. The third-order valence-electron chi connectivity index (χ3n) is 2.34. The summed E-state index contributed by atoms with van der Waals surface area (Å²) in [6, 6.07) is 4.21. The number of methoxy groups -OCH3 is 1. The predicted molar refractivity (Wildman–Crippen MR) is 64.4 cm³/mol. The van der Waals surface area contributed by atoms with Gasteiger partial charge in [-0.1, -0.05) is 6.92 Å². The van der Waals surface area contributed by atoms with Gasteiger partial charge in [-0.3, -0.25) is 4.79 Å². The summed E-state index contributed by atoms with van der Waals surface area (Å²) >= 11 is 0. The van der Waals surface area contributed by atoms with E-state index >= 15 is 0 Å². The van der Waals surface area contributed by atoms with Crippen molar-refractivity contribution in [2.45, 2.75) is 6.92 Å². The van der Waals surface area contributed by atoms with E-state index in [1.54, 1.807) is 13.2 Å². The smallest absolute Gasteiger partial charge is 0.251 e. The third kappa shape index (κ3) is 4.03. The Kier molecular flexibility index (Phi) is 4.90. The Balaban J connectivity index is 2.66. The molecule has 1 rings (SSSR count). The van der Waals surface area contributed by atoms with Gasteiger partial charge in [0.05, 0.1) is 12.2 Å². The van der Waals surface area contributed by atoms with Crippen LogP contribution in [0.25, 0.3) is 0 Å². The molecule has 17 heavy (non-hydrogen) atoms. The number of ether oxygens (including phenoxy) is 1. The highest BCUT2D eigenvalue weighted by atomic mass is 19.1. The number of hydrogen-bond acceptors (Lipinski definition) is 3. The summed E-state index contributed by atoms with van der Waals surface area (Å²) in [6.07, 6.45) is 0. The first kappa shape index (κ1) is 13.4. The molecular weight excluding hydrogens is 223 g/mol. The number of carbonyl (C=O) groups excluding carboxylic acids is 1. The summed E-state index contributed by atoms with van der Waals surface area (Å²) in [7, 11) is 1.64. The lowest BCUT2D eigenvalue weighted by Crippen LogP contribution is -2.17. The molecule has 1 atom stereocenters. The van der Waals surface area contributed by atoms with Crippen LogP contribution in [0.2, 0.25) is 0 Å². The molecule has 94 valence electrons. The fraction of sp³-hybridized carbons (Fsp3) is 0.417. The first-order valence-electron chi connectivity index (χ1n) is 5.36. The van der Waals surface area contributed by atoms with Crippen molar-refractivity contribution in [3.05, 3.63) is 29.6 Å². The molecule has 0 spiro atoms. The Morgan fingerprint density at radius 2 is 2.29 bits per heavy atom. The highest BCUT2D eigenvalue weighted by Crippen LogP contribution is 2.14. The van der Waals surface area contributed by atoms with Crippen molar-refractivity contribution in [2.75, 3.05) is 25.6 Å². The molecule has 4 nitrogen and oxygen atoms in total. The maximum Gasteiger partial charge on any atom is 0.251 e. The average molecular weight is 240 g/mol. The number of halogens is 1. The Hall–Kier alpha value is -1.62. The van der Waals surface area contributed by atoms with E-state index in [4.69, 9.17) is 10.5 Å². The van der Waals surface area contributed by atoms with Crippen molar-refractivity contribution >= 4 is 11.6 Å². The Labute approximate surface area is 100.0 Å². The highest BCUT2D eigenvalue weighted by Gasteiger charge is 2.09. The van der Waals surface area contributed by atoms with Gasteiger partial charge in [-0.05, 0) is 24.1 Å². The number of amides is 1. The molecule has 1 aromatic carbocycles. The standard InChI is InChI=1S/C12H17FN2O2/c1-8(7-17-2)6-15-9-3-4-11(13)10(5-9)12(14)16/h3-5,8,15H,6-7H2,1-2H3,(H2,14,16). The number of carbonyl (C=O) groups is 1. The van der Waals surface area contributed by atoms with Gasteiger partial charge in [-0.2, -0.15) is 0 Å². The number of primary amides is 1. The second-order valence-electron chi connectivity index (χ2n) is 4.00. The number of benzene rings is 1. The Bertz CT molecular complexity index is 396. The van der Waals surface area contributed by atoms with E-state index in [1.165, 1.54) is 12.1 Å². The molecule has 0 aromatic heterocycles. The summed E-state index contributed by atoms with van der Waals surface area (Å²) in [5, 5.41) is 3.10. The number of anilines is 1. The van der Waals surface area contributed by atoms with Gasteiger partial charge in [0.1, 0.15) is 5.82 Å². The first-order valence-corrected chi connectivity index (χ1v) is 5.36. The van der Waals surface area contributed by atoms with Gasteiger partial charge in [0.15, 0.2) is 0 Å². The molecule has 0 heterocycles. The van der Waals surface area contributed by atoms with E-state index in [-0.39, 0.29) is 5.56 Å². The van der Waals surface area contributed by atoms with Crippen LogP contribution in [0.1, 0.15) is 17.3 Å². The van der Waals surface area contributed by atoms with Crippen molar-refractivity contribution in [3.8, 4) is 0 Å². The zero-order chi connectivity index (χ0) is 12.8. The van der Waals surface area contributed by atoms with E-state index in [0.29, 0.717) is 24.8 Å². The molecule has 0 radical (unpaired) electrons. The molecule has 1 aromatic rings. The zero-order valence-electron chi connectivity index (χ0n) is 10.00. The van der Waals surface area contributed by atoms with E-state index in [2.05, 4.69) is 5.32 Å². The molecule has 0 aliphatic rings. The van der Waals surface area contributed by atoms with Crippen molar-refractivity contribution in [3.63, 3.8) is 0 Å². The van der Waals surface area contributed by atoms with Gasteiger partial charge in [0, 0.05) is 19.3 Å². The lowest BCUT2D eigenvalue weighted by atomic mass is 10.1. The minimum absolute atomic E-state index is 0.102. The minimum Gasteiger partial charge on any atom is -0.385 e. The van der Waals surface area contributed by atoms with Crippen LogP contribution >= 0.6 is 0 Å². The quantitative estimate of drug-likeness (QED) is 0.794. The molecule has 0 fully saturated rings. The van der Waals surface area contributed by atoms with E-state index in [0.717, 1.165) is 0 Å². The molecule has 0 aliphatic heterocycles. The Morgan fingerprint density at radius 1 is 1.59 bits per heavy atom. The van der Waals surface area contributed by atoms with E-state index in [9.17, 15) is 9.18 Å². The number of nitrogens with one attached hydrogen (secondary N) is 1. The van der Waals surface area contributed by atoms with Crippen LogP contribution in [-0.4, -0.2) is 26.2 Å². The lowest BCUT2D eigenvalue weighted by Gasteiger charge is -2.13. The molecular formula is C12H17FN2O2. The molecule has 0 saturated heterocycles. The molecule has 5 heteroatoms. The van der Waals surface area contributed by atoms with Crippen molar-refractivity contribution in [2.24, 2.45) is 11.7 Å². The first-order chi connectivity index (χ1) is 8.04. The van der Waals surface area contributed by atoms with Crippen molar-refractivity contribution < 1.29 is 13.9 Å².